The van der Waals surface area contributed by atoms with E-state index in [2.05, 4.69) is 5.32 Å². The van der Waals surface area contributed by atoms with Crippen molar-refractivity contribution in [1.29, 1.82) is 0 Å². The first-order valence-corrected chi connectivity index (χ1v) is 5.04. The second-order valence-corrected chi connectivity index (χ2v) is 3.65. The number of halogens is 1. The Bertz CT molecular complexity index is 342. The maximum atomic E-state index is 12.7. The third-order valence-electron chi connectivity index (χ3n) is 2.39. The minimum Gasteiger partial charge on any atom is -0.508 e. The quantitative estimate of drug-likeness (QED) is 0.594. The molecule has 0 saturated carbocycles. The van der Waals surface area contributed by atoms with Crippen LogP contribution in [0.5, 0.6) is 5.75 Å². The lowest BCUT2D eigenvalue weighted by atomic mass is 10.1. The average molecular weight is 229 g/mol. The van der Waals surface area contributed by atoms with Crippen LogP contribution in [0.4, 0.5) is 4.39 Å². The maximum absolute atomic E-state index is 12.7. The van der Waals surface area contributed by atoms with E-state index >= 15 is 0 Å². The van der Waals surface area contributed by atoms with Crippen molar-refractivity contribution in [3.8, 4) is 5.75 Å². The fourth-order valence-corrected chi connectivity index (χ4v) is 1.49. The second kappa shape index (κ2) is 5.79. The van der Waals surface area contributed by atoms with Crippen molar-refractivity contribution in [3.05, 3.63) is 29.6 Å². The first-order valence-electron chi connectivity index (χ1n) is 5.04. The molecule has 1 aromatic rings. The van der Waals surface area contributed by atoms with E-state index in [1.165, 1.54) is 12.1 Å². The second-order valence-electron chi connectivity index (χ2n) is 3.65. The minimum absolute atomic E-state index is 0.144. The molecular weight excluding hydrogens is 213 g/mol. The molecule has 0 aromatic heterocycles. The molecule has 1 atom stereocenters. The van der Waals surface area contributed by atoms with E-state index in [1.807, 2.05) is 0 Å². The zero-order valence-corrected chi connectivity index (χ0v) is 9.02. The number of aliphatic hydroxyl groups is 2. The molecule has 0 saturated heterocycles. The Hall–Kier alpha value is -1.17. The summed E-state index contributed by atoms with van der Waals surface area (Å²) in [6.45, 7) is 1.34. The lowest BCUT2D eigenvalue weighted by molar-refractivity contribution is 0.163. The topological polar surface area (TPSA) is 72.7 Å². The molecule has 0 aliphatic heterocycles. The molecule has 1 rings (SSSR count). The van der Waals surface area contributed by atoms with Gasteiger partial charge in [-0.15, -0.1) is 0 Å². The zero-order chi connectivity index (χ0) is 12.1. The van der Waals surface area contributed by atoms with Crippen molar-refractivity contribution in [2.75, 3.05) is 13.2 Å². The van der Waals surface area contributed by atoms with Crippen LogP contribution < -0.4 is 5.32 Å². The summed E-state index contributed by atoms with van der Waals surface area (Å²) >= 11 is 0. The molecule has 1 aromatic carbocycles. The Balaban J connectivity index is 2.76. The van der Waals surface area contributed by atoms with Gasteiger partial charge in [0.15, 0.2) is 0 Å². The van der Waals surface area contributed by atoms with Crippen molar-refractivity contribution in [2.45, 2.75) is 19.0 Å². The SMILES string of the molecule is CC(NC(CO)CO)c1ccc(F)cc1O. The smallest absolute Gasteiger partial charge is 0.126 e. The summed E-state index contributed by atoms with van der Waals surface area (Å²) in [4.78, 5) is 0. The number of benzene rings is 1. The van der Waals surface area contributed by atoms with Crippen molar-refractivity contribution >= 4 is 0 Å². The summed E-state index contributed by atoms with van der Waals surface area (Å²) in [5.74, 6) is -0.649. The van der Waals surface area contributed by atoms with Gasteiger partial charge < -0.3 is 20.6 Å². The number of aromatic hydroxyl groups is 1. The predicted molar refractivity (Wildman–Crippen MR) is 57.6 cm³/mol. The molecule has 0 aliphatic rings. The average Bonchev–Trinajstić information content (AvgIpc) is 2.25. The third-order valence-corrected chi connectivity index (χ3v) is 2.39. The van der Waals surface area contributed by atoms with E-state index in [-0.39, 0.29) is 25.0 Å². The molecule has 0 fully saturated rings. The van der Waals surface area contributed by atoms with Gasteiger partial charge in [-0.25, -0.2) is 4.39 Å². The van der Waals surface area contributed by atoms with Gasteiger partial charge in [0.25, 0.3) is 0 Å². The highest BCUT2D eigenvalue weighted by Gasteiger charge is 2.14. The summed E-state index contributed by atoms with van der Waals surface area (Å²) in [6.07, 6.45) is 0. The molecule has 0 amide bonds. The molecular formula is C11H16FNO3. The molecule has 5 heteroatoms. The Morgan fingerprint density at radius 1 is 1.31 bits per heavy atom. The third kappa shape index (κ3) is 3.16. The molecule has 90 valence electrons. The van der Waals surface area contributed by atoms with Crippen LogP contribution in [0, 0.1) is 5.82 Å². The van der Waals surface area contributed by atoms with Crippen LogP contribution in [-0.2, 0) is 0 Å². The van der Waals surface area contributed by atoms with Crippen LogP contribution >= 0.6 is 0 Å². The van der Waals surface area contributed by atoms with Crippen LogP contribution in [0.15, 0.2) is 18.2 Å². The Kier molecular flexibility index (Phi) is 4.67. The molecule has 0 bridgehead atoms. The normalized spacial score (nSPS) is 13.1. The van der Waals surface area contributed by atoms with Crippen molar-refractivity contribution in [1.82, 2.24) is 5.32 Å². The lowest BCUT2D eigenvalue weighted by Gasteiger charge is -2.20. The monoisotopic (exact) mass is 229 g/mol. The number of rotatable bonds is 5. The minimum atomic E-state index is -0.505. The van der Waals surface area contributed by atoms with E-state index in [4.69, 9.17) is 10.2 Å². The lowest BCUT2D eigenvalue weighted by Crippen LogP contribution is -2.37. The van der Waals surface area contributed by atoms with Crippen LogP contribution in [0.2, 0.25) is 0 Å². The summed E-state index contributed by atoms with van der Waals surface area (Å²) in [7, 11) is 0. The number of nitrogens with one attached hydrogen (secondary N) is 1. The van der Waals surface area contributed by atoms with Crippen molar-refractivity contribution in [2.24, 2.45) is 0 Å². The van der Waals surface area contributed by atoms with Gasteiger partial charge in [0.05, 0.1) is 19.3 Å². The molecule has 16 heavy (non-hydrogen) atoms. The largest absolute Gasteiger partial charge is 0.508 e. The van der Waals surface area contributed by atoms with Gasteiger partial charge in [-0.3, -0.25) is 0 Å². The van der Waals surface area contributed by atoms with Crippen LogP contribution in [0.3, 0.4) is 0 Å². The summed E-state index contributed by atoms with van der Waals surface area (Å²) in [5.41, 5.74) is 0.522. The maximum Gasteiger partial charge on any atom is 0.126 e. The van der Waals surface area contributed by atoms with E-state index < -0.39 is 11.9 Å². The fraction of sp³-hybridized carbons (Fsp3) is 0.455. The number of hydrogen-bond donors (Lipinski definition) is 4. The highest BCUT2D eigenvalue weighted by Crippen LogP contribution is 2.24. The summed E-state index contributed by atoms with van der Waals surface area (Å²) < 4.78 is 12.7. The van der Waals surface area contributed by atoms with E-state index in [9.17, 15) is 9.50 Å². The van der Waals surface area contributed by atoms with Gasteiger partial charge in [-0.1, -0.05) is 6.07 Å². The highest BCUT2D eigenvalue weighted by molar-refractivity contribution is 5.34. The van der Waals surface area contributed by atoms with E-state index in [0.29, 0.717) is 5.56 Å². The molecule has 0 spiro atoms. The molecule has 4 N–H and O–H groups in total. The number of aliphatic hydroxyl groups excluding tert-OH is 2. The first-order chi connectivity index (χ1) is 7.58. The number of phenolic OH excluding ortho intramolecular Hbond substituents is 1. The van der Waals surface area contributed by atoms with E-state index in [0.717, 1.165) is 6.07 Å². The van der Waals surface area contributed by atoms with Gasteiger partial charge >= 0.3 is 0 Å². The molecule has 0 radical (unpaired) electrons. The Morgan fingerprint density at radius 3 is 2.44 bits per heavy atom. The number of phenols is 1. The molecule has 4 nitrogen and oxygen atoms in total. The highest BCUT2D eigenvalue weighted by atomic mass is 19.1. The van der Waals surface area contributed by atoms with Crippen molar-refractivity contribution < 1.29 is 19.7 Å². The molecule has 1 unspecified atom stereocenters. The van der Waals surface area contributed by atoms with Crippen LogP contribution in [-0.4, -0.2) is 34.6 Å². The first kappa shape index (κ1) is 12.9. The van der Waals surface area contributed by atoms with Crippen LogP contribution in [0.1, 0.15) is 18.5 Å². The standard InChI is InChI=1S/C11H16FNO3/c1-7(13-9(5-14)6-15)10-3-2-8(12)4-11(10)16/h2-4,7,9,13-16H,5-6H2,1H3. The van der Waals surface area contributed by atoms with Gasteiger partial charge in [-0.05, 0) is 13.0 Å². The molecule has 0 heterocycles. The summed E-state index contributed by atoms with van der Waals surface area (Å²) in [6, 6.07) is 3.00. The van der Waals surface area contributed by atoms with Gasteiger partial charge in [-0.2, -0.15) is 0 Å². The predicted octanol–water partition coefficient (Wildman–Crippen LogP) is 0.535. The van der Waals surface area contributed by atoms with Gasteiger partial charge in [0.1, 0.15) is 11.6 Å². The number of hydrogen-bond acceptors (Lipinski definition) is 4. The Morgan fingerprint density at radius 2 is 1.94 bits per heavy atom. The zero-order valence-electron chi connectivity index (χ0n) is 9.02. The van der Waals surface area contributed by atoms with Gasteiger partial charge in [0.2, 0.25) is 0 Å². The summed E-state index contributed by atoms with van der Waals surface area (Å²) in [5, 5.41) is 30.2. The van der Waals surface area contributed by atoms with Crippen molar-refractivity contribution in [3.63, 3.8) is 0 Å². The molecule has 0 aliphatic carbocycles. The Labute approximate surface area is 93.4 Å². The van der Waals surface area contributed by atoms with E-state index in [1.54, 1.807) is 6.92 Å². The van der Waals surface area contributed by atoms with Crippen LogP contribution in [0.25, 0.3) is 0 Å². The fourth-order valence-electron chi connectivity index (χ4n) is 1.49. The van der Waals surface area contributed by atoms with Gasteiger partial charge in [0, 0.05) is 17.7 Å².